The van der Waals surface area contributed by atoms with Crippen LogP contribution in [-0.4, -0.2) is 43.4 Å². The first-order valence-corrected chi connectivity index (χ1v) is 5.84. The van der Waals surface area contributed by atoms with Gasteiger partial charge in [0, 0.05) is 20.2 Å². The second-order valence-electron chi connectivity index (χ2n) is 4.50. The van der Waals surface area contributed by atoms with E-state index in [1.165, 1.54) is 19.2 Å². The predicted octanol–water partition coefficient (Wildman–Crippen LogP) is 2.14. The molecule has 0 aliphatic rings. The zero-order valence-electron chi connectivity index (χ0n) is 10.9. The van der Waals surface area contributed by atoms with E-state index in [0.717, 1.165) is 17.7 Å². The number of methoxy groups -OCH3 is 1. The molecular weight excluding hydrogens is 259 g/mol. The summed E-state index contributed by atoms with van der Waals surface area (Å²) in [6.45, 7) is 1.10. The number of benzene rings is 1. The van der Waals surface area contributed by atoms with Gasteiger partial charge >= 0.3 is 6.18 Å². The largest absolute Gasteiger partial charge is 0.416 e. The number of likely N-dealkylation sites (N-methyl/N-ethyl adjacent to an activating group) is 1. The molecule has 0 saturated carbocycles. The Labute approximate surface area is 110 Å². The van der Waals surface area contributed by atoms with E-state index in [0.29, 0.717) is 13.1 Å². The first-order valence-electron chi connectivity index (χ1n) is 5.84. The third-order valence-electron chi connectivity index (χ3n) is 2.62. The lowest BCUT2D eigenvalue weighted by atomic mass is 10.1. The molecule has 0 aromatic heterocycles. The summed E-state index contributed by atoms with van der Waals surface area (Å²) in [4.78, 5) is 1.83. The minimum absolute atomic E-state index is 0.233. The third-order valence-corrected chi connectivity index (χ3v) is 2.62. The molecule has 19 heavy (non-hydrogen) atoms. The topological polar surface area (TPSA) is 32.7 Å². The monoisotopic (exact) mass is 277 g/mol. The zero-order chi connectivity index (χ0) is 14.5. The van der Waals surface area contributed by atoms with Gasteiger partial charge in [0.25, 0.3) is 0 Å². The summed E-state index contributed by atoms with van der Waals surface area (Å²) >= 11 is 0. The molecular formula is C13H18F3NO2. The highest BCUT2D eigenvalue weighted by Gasteiger charge is 2.29. The Hall–Kier alpha value is -1.11. The second-order valence-corrected chi connectivity index (χ2v) is 4.50. The van der Waals surface area contributed by atoms with Crippen LogP contribution in [0.15, 0.2) is 24.3 Å². The van der Waals surface area contributed by atoms with Gasteiger partial charge in [0.05, 0.1) is 18.3 Å². The number of ether oxygens (including phenoxy) is 1. The lowest BCUT2D eigenvalue weighted by Gasteiger charge is -2.20. The van der Waals surface area contributed by atoms with Crippen molar-refractivity contribution in [2.24, 2.45) is 0 Å². The van der Waals surface area contributed by atoms with Crippen LogP contribution in [0.3, 0.4) is 0 Å². The molecule has 1 atom stereocenters. The van der Waals surface area contributed by atoms with Gasteiger partial charge in [-0.1, -0.05) is 12.1 Å². The summed E-state index contributed by atoms with van der Waals surface area (Å²) in [5.74, 6) is 0. The molecule has 1 N–H and O–H groups in total. The first-order chi connectivity index (χ1) is 8.82. The molecule has 108 valence electrons. The van der Waals surface area contributed by atoms with Gasteiger partial charge in [0.2, 0.25) is 0 Å². The number of aliphatic hydroxyl groups is 1. The van der Waals surface area contributed by atoms with Crippen LogP contribution in [0.4, 0.5) is 13.2 Å². The highest BCUT2D eigenvalue weighted by Crippen LogP contribution is 2.29. The summed E-state index contributed by atoms with van der Waals surface area (Å²) in [6, 6.07) is 5.02. The molecule has 0 aliphatic carbocycles. The summed E-state index contributed by atoms with van der Waals surface area (Å²) in [5, 5.41) is 9.53. The molecule has 0 fully saturated rings. The van der Waals surface area contributed by atoms with Gasteiger partial charge in [0.1, 0.15) is 0 Å². The average Bonchev–Trinajstić information content (AvgIpc) is 2.28. The molecule has 0 aliphatic heterocycles. The van der Waals surface area contributed by atoms with Crippen molar-refractivity contribution in [1.82, 2.24) is 4.90 Å². The molecule has 1 aromatic rings. The smallest absolute Gasteiger partial charge is 0.389 e. The van der Waals surface area contributed by atoms with E-state index in [2.05, 4.69) is 0 Å². The lowest BCUT2D eigenvalue weighted by Crippen LogP contribution is -2.31. The van der Waals surface area contributed by atoms with Crippen molar-refractivity contribution in [2.45, 2.75) is 18.8 Å². The summed E-state index contributed by atoms with van der Waals surface area (Å²) in [7, 11) is 3.29. The maximum atomic E-state index is 12.4. The molecule has 0 bridgehead atoms. The van der Waals surface area contributed by atoms with Crippen LogP contribution in [0.5, 0.6) is 0 Å². The van der Waals surface area contributed by atoms with Crippen molar-refractivity contribution in [1.29, 1.82) is 0 Å². The first kappa shape index (κ1) is 15.9. The van der Waals surface area contributed by atoms with E-state index in [-0.39, 0.29) is 6.61 Å². The highest BCUT2D eigenvalue weighted by molar-refractivity contribution is 5.24. The van der Waals surface area contributed by atoms with Crippen LogP contribution < -0.4 is 0 Å². The molecule has 0 amide bonds. The number of aliphatic hydroxyl groups excluding tert-OH is 1. The van der Waals surface area contributed by atoms with E-state index in [1.807, 2.05) is 4.90 Å². The third kappa shape index (κ3) is 5.59. The van der Waals surface area contributed by atoms with Crippen LogP contribution in [0.2, 0.25) is 0 Å². The SMILES string of the molecule is COCC(O)CN(C)Cc1ccc(C(F)(F)F)cc1. The number of hydrogen-bond acceptors (Lipinski definition) is 3. The van der Waals surface area contributed by atoms with Gasteiger partial charge < -0.3 is 9.84 Å². The number of rotatable bonds is 6. The van der Waals surface area contributed by atoms with E-state index in [1.54, 1.807) is 7.05 Å². The number of halogens is 3. The van der Waals surface area contributed by atoms with E-state index < -0.39 is 17.8 Å². The minimum Gasteiger partial charge on any atom is -0.389 e. The number of nitrogens with zero attached hydrogens (tertiary/aromatic N) is 1. The quantitative estimate of drug-likeness (QED) is 0.864. The van der Waals surface area contributed by atoms with Crippen molar-refractivity contribution in [3.8, 4) is 0 Å². The average molecular weight is 277 g/mol. The van der Waals surface area contributed by atoms with Gasteiger partial charge in [-0.3, -0.25) is 4.90 Å². The van der Waals surface area contributed by atoms with Gasteiger partial charge in [-0.25, -0.2) is 0 Å². The standard InChI is InChI=1S/C13H18F3NO2/c1-17(8-12(18)9-19-2)7-10-3-5-11(6-4-10)13(14,15)16/h3-6,12,18H,7-9H2,1-2H3. The molecule has 0 heterocycles. The Morgan fingerprint density at radius 2 is 1.84 bits per heavy atom. The van der Waals surface area contributed by atoms with Crippen molar-refractivity contribution < 1.29 is 23.0 Å². The molecule has 6 heteroatoms. The van der Waals surface area contributed by atoms with Crippen molar-refractivity contribution in [3.63, 3.8) is 0 Å². The molecule has 3 nitrogen and oxygen atoms in total. The van der Waals surface area contributed by atoms with Gasteiger partial charge in [0.15, 0.2) is 0 Å². The minimum atomic E-state index is -4.31. The van der Waals surface area contributed by atoms with E-state index >= 15 is 0 Å². The predicted molar refractivity (Wildman–Crippen MR) is 65.7 cm³/mol. The summed E-state index contributed by atoms with van der Waals surface area (Å²) in [6.07, 6.45) is -4.91. The van der Waals surface area contributed by atoms with Crippen molar-refractivity contribution in [2.75, 3.05) is 27.3 Å². The Bertz CT molecular complexity index is 378. The van der Waals surface area contributed by atoms with Gasteiger partial charge in [-0.15, -0.1) is 0 Å². The lowest BCUT2D eigenvalue weighted by molar-refractivity contribution is -0.137. The molecule has 0 saturated heterocycles. The molecule has 1 unspecified atom stereocenters. The number of alkyl halides is 3. The normalized spacial score (nSPS) is 13.8. The summed E-state index contributed by atoms with van der Waals surface area (Å²) < 4.78 is 42.0. The maximum absolute atomic E-state index is 12.4. The Morgan fingerprint density at radius 3 is 2.32 bits per heavy atom. The van der Waals surface area contributed by atoms with Crippen LogP contribution >= 0.6 is 0 Å². The van der Waals surface area contributed by atoms with E-state index in [4.69, 9.17) is 4.74 Å². The van der Waals surface area contributed by atoms with Crippen LogP contribution in [0, 0.1) is 0 Å². The molecule has 1 aromatic carbocycles. The highest BCUT2D eigenvalue weighted by atomic mass is 19.4. The van der Waals surface area contributed by atoms with Crippen LogP contribution in [-0.2, 0) is 17.5 Å². The molecule has 1 rings (SSSR count). The fourth-order valence-corrected chi connectivity index (χ4v) is 1.78. The number of hydrogen-bond donors (Lipinski definition) is 1. The van der Waals surface area contributed by atoms with Crippen LogP contribution in [0.1, 0.15) is 11.1 Å². The summed E-state index contributed by atoms with van der Waals surface area (Å²) in [5.41, 5.74) is 0.110. The van der Waals surface area contributed by atoms with E-state index in [9.17, 15) is 18.3 Å². The second kappa shape index (κ2) is 6.88. The zero-order valence-corrected chi connectivity index (χ0v) is 10.9. The van der Waals surface area contributed by atoms with Crippen LogP contribution in [0.25, 0.3) is 0 Å². The Morgan fingerprint density at radius 1 is 1.26 bits per heavy atom. The fraction of sp³-hybridized carbons (Fsp3) is 0.538. The van der Waals surface area contributed by atoms with Crippen molar-refractivity contribution >= 4 is 0 Å². The van der Waals surface area contributed by atoms with Gasteiger partial charge in [-0.05, 0) is 24.7 Å². The Kier molecular flexibility index (Phi) is 5.78. The van der Waals surface area contributed by atoms with Crippen molar-refractivity contribution in [3.05, 3.63) is 35.4 Å². The van der Waals surface area contributed by atoms with Gasteiger partial charge in [-0.2, -0.15) is 13.2 Å². The fourth-order valence-electron chi connectivity index (χ4n) is 1.78. The Balaban J connectivity index is 2.53. The maximum Gasteiger partial charge on any atom is 0.416 e. The molecule has 0 spiro atoms. The molecule has 0 radical (unpaired) electrons.